The first kappa shape index (κ1) is 12.3. The van der Waals surface area contributed by atoms with E-state index in [9.17, 15) is 4.79 Å². The zero-order valence-electron chi connectivity index (χ0n) is 8.02. The highest BCUT2D eigenvalue weighted by molar-refractivity contribution is 5.75. The van der Waals surface area contributed by atoms with Gasteiger partial charge in [-0.15, -0.1) is 0 Å². The molecule has 0 bridgehead atoms. The smallest absolute Gasteiger partial charge is 0.338 e. The zero-order valence-corrected chi connectivity index (χ0v) is 8.02. The Morgan fingerprint density at radius 2 is 1.85 bits per heavy atom. The maximum absolute atomic E-state index is 11.0. The number of esters is 1. The summed E-state index contributed by atoms with van der Waals surface area (Å²) in [7, 11) is 0. The van der Waals surface area contributed by atoms with Crippen molar-refractivity contribution in [2.24, 2.45) is 0 Å². The molecule has 0 fully saturated rings. The number of aliphatic hydroxyl groups excluding tert-OH is 3. The molecule has 0 saturated heterocycles. The average Bonchev–Trinajstić information content (AvgIpc) is 1.98. The molecular weight excluding hydrogens is 176 g/mol. The Kier molecular flexibility index (Phi) is 4.32. The van der Waals surface area contributed by atoms with Crippen LogP contribution >= 0.6 is 0 Å². The van der Waals surface area contributed by atoms with Crippen LogP contribution in [0.25, 0.3) is 0 Å². The highest BCUT2D eigenvalue weighted by Gasteiger charge is 2.28. The SMILES string of the molecule is CC(C)(C)OC(=O)C(O)C(O)CO. The molecule has 13 heavy (non-hydrogen) atoms. The van der Waals surface area contributed by atoms with Crippen LogP contribution in [0.5, 0.6) is 0 Å². The minimum absolute atomic E-state index is 0.680. The van der Waals surface area contributed by atoms with E-state index in [1.165, 1.54) is 0 Å². The first-order valence-corrected chi connectivity index (χ1v) is 3.98. The summed E-state index contributed by atoms with van der Waals surface area (Å²) in [6.45, 7) is 4.25. The minimum Gasteiger partial charge on any atom is -0.458 e. The number of carbonyl (C=O) groups excluding carboxylic acids is 1. The second-order valence-corrected chi connectivity index (χ2v) is 3.73. The van der Waals surface area contributed by atoms with Gasteiger partial charge in [-0.1, -0.05) is 0 Å². The predicted molar refractivity (Wildman–Crippen MR) is 44.9 cm³/mol. The average molecular weight is 192 g/mol. The predicted octanol–water partition coefficient (Wildman–Crippen LogP) is -0.958. The van der Waals surface area contributed by atoms with E-state index in [2.05, 4.69) is 0 Å². The van der Waals surface area contributed by atoms with Gasteiger partial charge in [-0.25, -0.2) is 4.79 Å². The molecular formula is C8H16O5. The van der Waals surface area contributed by atoms with Gasteiger partial charge in [0.15, 0.2) is 6.10 Å². The largest absolute Gasteiger partial charge is 0.458 e. The van der Waals surface area contributed by atoms with E-state index in [1.807, 2.05) is 0 Å². The normalized spacial score (nSPS) is 16.5. The molecule has 0 saturated carbocycles. The van der Waals surface area contributed by atoms with E-state index in [1.54, 1.807) is 20.8 Å². The van der Waals surface area contributed by atoms with Crippen molar-refractivity contribution in [1.29, 1.82) is 0 Å². The minimum atomic E-state index is -1.69. The molecule has 0 rings (SSSR count). The molecule has 0 amide bonds. The van der Waals surface area contributed by atoms with Gasteiger partial charge in [-0.05, 0) is 20.8 Å². The zero-order chi connectivity index (χ0) is 10.6. The number of hydrogen-bond donors (Lipinski definition) is 3. The Balaban J connectivity index is 4.12. The molecule has 0 aliphatic heterocycles. The van der Waals surface area contributed by atoms with Crippen molar-refractivity contribution < 1.29 is 24.9 Å². The Morgan fingerprint density at radius 1 is 1.38 bits per heavy atom. The molecule has 0 aromatic rings. The fraction of sp³-hybridized carbons (Fsp3) is 0.875. The highest BCUT2D eigenvalue weighted by atomic mass is 16.6. The van der Waals surface area contributed by atoms with E-state index in [0.29, 0.717) is 0 Å². The molecule has 78 valence electrons. The van der Waals surface area contributed by atoms with Crippen molar-refractivity contribution in [3.63, 3.8) is 0 Å². The van der Waals surface area contributed by atoms with Crippen LogP contribution in [-0.4, -0.2) is 45.7 Å². The van der Waals surface area contributed by atoms with Crippen LogP contribution in [-0.2, 0) is 9.53 Å². The third-order valence-corrected chi connectivity index (χ3v) is 1.20. The van der Waals surface area contributed by atoms with Crippen LogP contribution < -0.4 is 0 Å². The fourth-order valence-corrected chi connectivity index (χ4v) is 0.619. The van der Waals surface area contributed by atoms with E-state index in [-0.39, 0.29) is 0 Å². The standard InChI is InChI=1S/C8H16O5/c1-8(2,3)13-7(12)6(11)5(10)4-9/h5-6,9-11H,4H2,1-3H3. The monoisotopic (exact) mass is 192 g/mol. The molecule has 0 aliphatic rings. The lowest BCUT2D eigenvalue weighted by atomic mass is 10.1. The van der Waals surface area contributed by atoms with Gasteiger partial charge < -0.3 is 20.1 Å². The summed E-state index contributed by atoms with van der Waals surface area (Å²) < 4.78 is 4.76. The molecule has 0 aliphatic carbocycles. The quantitative estimate of drug-likeness (QED) is 0.501. The molecule has 2 atom stereocenters. The Morgan fingerprint density at radius 3 is 2.15 bits per heavy atom. The summed E-state index contributed by atoms with van der Waals surface area (Å²) >= 11 is 0. The van der Waals surface area contributed by atoms with E-state index >= 15 is 0 Å². The van der Waals surface area contributed by atoms with Crippen molar-refractivity contribution >= 4 is 5.97 Å². The second-order valence-electron chi connectivity index (χ2n) is 3.73. The van der Waals surface area contributed by atoms with Gasteiger partial charge in [-0.2, -0.15) is 0 Å². The molecule has 5 heteroatoms. The van der Waals surface area contributed by atoms with Crippen LogP contribution in [0.4, 0.5) is 0 Å². The first-order valence-electron chi connectivity index (χ1n) is 3.98. The Labute approximate surface area is 77.0 Å². The number of hydrogen-bond acceptors (Lipinski definition) is 5. The number of aliphatic hydroxyl groups is 3. The van der Waals surface area contributed by atoms with Gasteiger partial charge in [0.05, 0.1) is 6.61 Å². The molecule has 5 nitrogen and oxygen atoms in total. The summed E-state index contributed by atoms with van der Waals surface area (Å²) in [6, 6.07) is 0. The van der Waals surface area contributed by atoms with Crippen LogP contribution in [0.2, 0.25) is 0 Å². The summed E-state index contributed by atoms with van der Waals surface area (Å²) in [5.74, 6) is -0.936. The molecule has 0 spiro atoms. The molecule has 2 unspecified atom stereocenters. The van der Waals surface area contributed by atoms with Crippen molar-refractivity contribution in [1.82, 2.24) is 0 Å². The third-order valence-electron chi connectivity index (χ3n) is 1.20. The van der Waals surface area contributed by atoms with Crippen LogP contribution in [0.1, 0.15) is 20.8 Å². The Hall–Kier alpha value is -0.650. The second kappa shape index (κ2) is 4.55. The summed E-state index contributed by atoms with van der Waals surface area (Å²) in [6.07, 6.45) is -3.18. The maximum atomic E-state index is 11.0. The topological polar surface area (TPSA) is 87.0 Å². The van der Waals surface area contributed by atoms with Crippen molar-refractivity contribution in [2.75, 3.05) is 6.61 Å². The Bertz CT molecular complexity index is 172. The van der Waals surface area contributed by atoms with Gasteiger partial charge in [0.25, 0.3) is 0 Å². The van der Waals surface area contributed by atoms with Crippen molar-refractivity contribution in [2.45, 2.75) is 38.6 Å². The molecule has 0 heterocycles. The maximum Gasteiger partial charge on any atom is 0.338 e. The molecule has 0 aromatic heterocycles. The number of ether oxygens (including phenoxy) is 1. The lowest BCUT2D eigenvalue weighted by Crippen LogP contribution is -2.40. The summed E-state index contributed by atoms with van der Waals surface area (Å²) in [5, 5.41) is 26.4. The summed E-state index contributed by atoms with van der Waals surface area (Å²) in [4.78, 5) is 11.0. The van der Waals surface area contributed by atoms with E-state index in [0.717, 1.165) is 0 Å². The van der Waals surface area contributed by atoms with Crippen LogP contribution in [0, 0.1) is 0 Å². The molecule has 3 N–H and O–H groups in total. The lowest BCUT2D eigenvalue weighted by Gasteiger charge is -2.23. The van der Waals surface area contributed by atoms with E-state index in [4.69, 9.17) is 20.1 Å². The van der Waals surface area contributed by atoms with E-state index < -0.39 is 30.4 Å². The number of rotatable bonds is 3. The van der Waals surface area contributed by atoms with Gasteiger partial charge in [0.1, 0.15) is 11.7 Å². The van der Waals surface area contributed by atoms with Crippen LogP contribution in [0.15, 0.2) is 0 Å². The third kappa shape index (κ3) is 4.82. The van der Waals surface area contributed by atoms with Crippen molar-refractivity contribution in [3.05, 3.63) is 0 Å². The van der Waals surface area contributed by atoms with Gasteiger partial charge >= 0.3 is 5.97 Å². The van der Waals surface area contributed by atoms with Crippen LogP contribution in [0.3, 0.4) is 0 Å². The van der Waals surface area contributed by atoms with Gasteiger partial charge in [-0.3, -0.25) is 0 Å². The number of carbonyl (C=O) groups is 1. The first-order chi connectivity index (χ1) is 5.78. The molecule has 0 aromatic carbocycles. The fourth-order valence-electron chi connectivity index (χ4n) is 0.619. The van der Waals surface area contributed by atoms with Crippen molar-refractivity contribution in [3.8, 4) is 0 Å². The van der Waals surface area contributed by atoms with Gasteiger partial charge in [0, 0.05) is 0 Å². The summed E-state index contributed by atoms with van der Waals surface area (Å²) in [5.41, 5.74) is -0.715. The molecule has 0 radical (unpaired) electrons. The van der Waals surface area contributed by atoms with Gasteiger partial charge in [0.2, 0.25) is 0 Å². The highest BCUT2D eigenvalue weighted by Crippen LogP contribution is 2.09. The lowest BCUT2D eigenvalue weighted by molar-refractivity contribution is -0.172.